The number of H-pyrrole nitrogens is 1. The van der Waals surface area contributed by atoms with Crippen molar-refractivity contribution < 1.29 is 9.84 Å². The first-order valence-corrected chi connectivity index (χ1v) is 9.16. The lowest BCUT2D eigenvalue weighted by atomic mass is 9.98. The molecule has 26 heavy (non-hydrogen) atoms. The highest BCUT2D eigenvalue weighted by Gasteiger charge is 2.18. The summed E-state index contributed by atoms with van der Waals surface area (Å²) in [7, 11) is 0. The molecule has 0 aliphatic carbocycles. The molecule has 2 aromatic carbocycles. The second-order valence-corrected chi connectivity index (χ2v) is 7.61. The van der Waals surface area contributed by atoms with Gasteiger partial charge < -0.3 is 20.1 Å². The molecule has 0 radical (unpaired) electrons. The van der Waals surface area contributed by atoms with Crippen LogP contribution in [0, 0.1) is 0 Å². The van der Waals surface area contributed by atoms with Gasteiger partial charge in [0.1, 0.15) is 11.9 Å². The van der Waals surface area contributed by atoms with E-state index in [-0.39, 0.29) is 5.54 Å². The quantitative estimate of drug-likeness (QED) is 0.552. The van der Waals surface area contributed by atoms with Crippen molar-refractivity contribution in [3.05, 3.63) is 65.9 Å². The van der Waals surface area contributed by atoms with Crippen molar-refractivity contribution in [1.29, 1.82) is 0 Å². The second-order valence-electron chi connectivity index (χ2n) is 7.61. The fourth-order valence-electron chi connectivity index (χ4n) is 3.07. The topological polar surface area (TPSA) is 57.3 Å². The molecule has 0 aliphatic rings. The van der Waals surface area contributed by atoms with Gasteiger partial charge >= 0.3 is 0 Å². The average molecular weight is 352 g/mol. The molecule has 3 rings (SSSR count). The molecule has 0 saturated heterocycles. The number of hydrogen-bond acceptors (Lipinski definition) is 3. The van der Waals surface area contributed by atoms with Crippen LogP contribution in [0.25, 0.3) is 10.9 Å². The molecule has 0 fully saturated rings. The third kappa shape index (κ3) is 4.45. The van der Waals surface area contributed by atoms with E-state index >= 15 is 0 Å². The van der Waals surface area contributed by atoms with Crippen LogP contribution in [0.4, 0.5) is 0 Å². The number of ether oxygens (including phenoxy) is 1. The van der Waals surface area contributed by atoms with Gasteiger partial charge in [0.2, 0.25) is 0 Å². The minimum Gasteiger partial charge on any atom is -0.493 e. The van der Waals surface area contributed by atoms with E-state index in [9.17, 15) is 5.11 Å². The number of hydrogen-bond donors (Lipinski definition) is 3. The Morgan fingerprint density at radius 3 is 2.62 bits per heavy atom. The zero-order valence-corrected chi connectivity index (χ0v) is 15.8. The number of aromatic nitrogens is 1. The van der Waals surface area contributed by atoms with E-state index in [0.29, 0.717) is 6.61 Å². The molecule has 3 N–H and O–H groups in total. The predicted molar refractivity (Wildman–Crippen MR) is 107 cm³/mol. The van der Waals surface area contributed by atoms with Gasteiger partial charge in [-0.2, -0.15) is 0 Å². The maximum absolute atomic E-state index is 11.0. The van der Waals surface area contributed by atoms with E-state index in [1.54, 1.807) is 0 Å². The van der Waals surface area contributed by atoms with Crippen LogP contribution in [0.15, 0.2) is 54.7 Å². The number of benzene rings is 2. The normalized spacial score (nSPS) is 13.1. The highest BCUT2D eigenvalue weighted by molar-refractivity contribution is 5.83. The molecule has 1 atom stereocenters. The van der Waals surface area contributed by atoms with E-state index in [4.69, 9.17) is 4.74 Å². The first kappa shape index (κ1) is 18.5. The summed E-state index contributed by atoms with van der Waals surface area (Å²) < 4.78 is 5.98. The Morgan fingerprint density at radius 2 is 1.81 bits per heavy atom. The third-order valence-corrected chi connectivity index (χ3v) is 4.37. The van der Waals surface area contributed by atoms with Crippen LogP contribution in [0.2, 0.25) is 0 Å². The monoisotopic (exact) mass is 352 g/mol. The summed E-state index contributed by atoms with van der Waals surface area (Å²) in [5.74, 6) is 0.739. The predicted octanol–water partition coefficient (Wildman–Crippen LogP) is 4.41. The standard InChI is InChI=1S/C22H28N2O2/c1-22(2,3)24-13-7-15-26-20-11-5-4-8-18(20)21(25)17-9-6-10-19-16(17)12-14-23-19/h4-6,8-12,14,21,23-25H,7,13,15H2,1-3H3. The molecule has 1 heterocycles. The fourth-order valence-corrected chi connectivity index (χ4v) is 3.07. The van der Waals surface area contributed by atoms with Crippen LogP contribution in [0.5, 0.6) is 5.75 Å². The van der Waals surface area contributed by atoms with E-state index in [1.807, 2.05) is 54.7 Å². The average Bonchev–Trinajstić information content (AvgIpc) is 3.09. The summed E-state index contributed by atoms with van der Waals surface area (Å²) in [6.07, 6.45) is 2.08. The van der Waals surface area contributed by atoms with Crippen molar-refractivity contribution in [3.8, 4) is 5.75 Å². The number of fused-ring (bicyclic) bond motifs is 1. The summed E-state index contributed by atoms with van der Waals surface area (Å²) in [5, 5.41) is 15.5. The zero-order valence-electron chi connectivity index (χ0n) is 15.8. The number of aromatic amines is 1. The molecule has 4 nitrogen and oxygen atoms in total. The van der Waals surface area contributed by atoms with Gasteiger partial charge in [-0.3, -0.25) is 0 Å². The highest BCUT2D eigenvalue weighted by Crippen LogP contribution is 2.33. The highest BCUT2D eigenvalue weighted by atomic mass is 16.5. The van der Waals surface area contributed by atoms with E-state index in [0.717, 1.165) is 40.7 Å². The Hall–Kier alpha value is -2.30. The summed E-state index contributed by atoms with van der Waals surface area (Å²) in [6, 6.07) is 15.7. The minimum absolute atomic E-state index is 0.114. The molecule has 0 amide bonds. The number of rotatable bonds is 7. The number of nitrogens with one attached hydrogen (secondary N) is 2. The molecular weight excluding hydrogens is 324 g/mol. The Balaban J connectivity index is 1.71. The van der Waals surface area contributed by atoms with Crippen molar-refractivity contribution in [2.24, 2.45) is 0 Å². The van der Waals surface area contributed by atoms with Crippen LogP contribution in [0.1, 0.15) is 44.4 Å². The molecule has 0 saturated carbocycles. The lowest BCUT2D eigenvalue weighted by Gasteiger charge is -2.21. The summed E-state index contributed by atoms with van der Waals surface area (Å²) in [4.78, 5) is 3.19. The van der Waals surface area contributed by atoms with Crippen LogP contribution < -0.4 is 10.1 Å². The molecule has 0 aliphatic heterocycles. The Kier molecular flexibility index (Phi) is 5.64. The van der Waals surface area contributed by atoms with Gasteiger partial charge in [-0.1, -0.05) is 30.3 Å². The number of para-hydroxylation sites is 1. The molecule has 4 heteroatoms. The maximum Gasteiger partial charge on any atom is 0.125 e. The Labute approximate surface area is 155 Å². The minimum atomic E-state index is -0.724. The SMILES string of the molecule is CC(C)(C)NCCCOc1ccccc1C(O)c1cccc2[nH]ccc12. The summed E-state index contributed by atoms with van der Waals surface area (Å²) >= 11 is 0. The number of aliphatic hydroxyl groups is 1. The summed E-state index contributed by atoms with van der Waals surface area (Å²) in [6.45, 7) is 7.97. The van der Waals surface area contributed by atoms with E-state index in [2.05, 4.69) is 31.1 Å². The molecule has 138 valence electrons. The molecule has 3 aromatic rings. The van der Waals surface area contributed by atoms with E-state index < -0.39 is 6.10 Å². The molecular formula is C22H28N2O2. The van der Waals surface area contributed by atoms with Crippen molar-refractivity contribution in [2.45, 2.75) is 38.8 Å². The molecule has 0 spiro atoms. The zero-order chi connectivity index (χ0) is 18.6. The first-order valence-electron chi connectivity index (χ1n) is 9.16. The van der Waals surface area contributed by atoms with Crippen molar-refractivity contribution >= 4 is 10.9 Å². The molecule has 0 bridgehead atoms. The maximum atomic E-state index is 11.0. The third-order valence-electron chi connectivity index (χ3n) is 4.37. The molecule has 1 unspecified atom stereocenters. The van der Waals surface area contributed by atoms with Gasteiger partial charge in [0.25, 0.3) is 0 Å². The fraction of sp³-hybridized carbons (Fsp3) is 0.364. The van der Waals surface area contributed by atoms with Crippen molar-refractivity contribution in [1.82, 2.24) is 10.3 Å². The van der Waals surface area contributed by atoms with Gasteiger partial charge in [0.15, 0.2) is 0 Å². The lowest BCUT2D eigenvalue weighted by molar-refractivity contribution is 0.211. The second kappa shape index (κ2) is 7.94. The Bertz CT molecular complexity index is 848. The lowest BCUT2D eigenvalue weighted by Crippen LogP contribution is -2.36. The summed E-state index contributed by atoms with van der Waals surface area (Å²) in [5.41, 5.74) is 2.82. The van der Waals surface area contributed by atoms with E-state index in [1.165, 1.54) is 0 Å². The van der Waals surface area contributed by atoms with Gasteiger partial charge in [0, 0.05) is 28.2 Å². The smallest absolute Gasteiger partial charge is 0.125 e. The van der Waals surface area contributed by atoms with Crippen LogP contribution >= 0.6 is 0 Å². The van der Waals surface area contributed by atoms with Gasteiger partial charge in [0.05, 0.1) is 6.61 Å². The van der Waals surface area contributed by atoms with Gasteiger partial charge in [-0.15, -0.1) is 0 Å². The van der Waals surface area contributed by atoms with Gasteiger partial charge in [-0.25, -0.2) is 0 Å². The molecule has 1 aromatic heterocycles. The number of aliphatic hydroxyl groups excluding tert-OH is 1. The van der Waals surface area contributed by atoms with Crippen molar-refractivity contribution in [2.75, 3.05) is 13.2 Å². The van der Waals surface area contributed by atoms with Crippen LogP contribution in [-0.4, -0.2) is 28.8 Å². The first-order chi connectivity index (χ1) is 12.5. The largest absolute Gasteiger partial charge is 0.493 e. The van der Waals surface area contributed by atoms with Gasteiger partial charge in [-0.05, 0) is 57.5 Å². The van der Waals surface area contributed by atoms with Crippen LogP contribution in [0.3, 0.4) is 0 Å². The van der Waals surface area contributed by atoms with Crippen molar-refractivity contribution in [3.63, 3.8) is 0 Å². The van der Waals surface area contributed by atoms with Crippen LogP contribution in [-0.2, 0) is 0 Å². The Morgan fingerprint density at radius 1 is 1.04 bits per heavy atom.